The number of hydrogen-bond acceptors (Lipinski definition) is 2. The Morgan fingerprint density at radius 2 is 2.20 bits per heavy atom. The van der Waals surface area contributed by atoms with E-state index < -0.39 is 0 Å². The van der Waals surface area contributed by atoms with Crippen LogP contribution in [0.3, 0.4) is 0 Å². The zero-order valence-electron chi connectivity index (χ0n) is 9.21. The normalized spacial score (nSPS) is 12.3. The summed E-state index contributed by atoms with van der Waals surface area (Å²) in [6.07, 6.45) is 0. The van der Waals surface area contributed by atoms with Crippen LogP contribution in [0.2, 0.25) is 0 Å². The van der Waals surface area contributed by atoms with E-state index in [0.717, 1.165) is 16.9 Å². The molecular formula is C12H15BrO2. The Bertz CT molecular complexity index is 361. The molecular weight excluding hydrogens is 256 g/mol. The van der Waals surface area contributed by atoms with Crippen molar-refractivity contribution in [2.75, 3.05) is 6.61 Å². The van der Waals surface area contributed by atoms with Crippen LogP contribution in [0.4, 0.5) is 0 Å². The second kappa shape index (κ2) is 5.31. The van der Waals surface area contributed by atoms with Gasteiger partial charge < -0.3 is 4.74 Å². The number of benzene rings is 1. The largest absolute Gasteiger partial charge is 0.494 e. The second-order valence-corrected chi connectivity index (χ2v) is 4.34. The highest BCUT2D eigenvalue weighted by Gasteiger charge is 2.14. The molecule has 0 heterocycles. The van der Waals surface area contributed by atoms with Crippen LogP contribution >= 0.6 is 15.9 Å². The van der Waals surface area contributed by atoms with Crippen molar-refractivity contribution in [1.29, 1.82) is 0 Å². The standard InChI is InChI=1S/C12H15BrO2/c1-4-15-10-5-6-11(8(2)7-10)12(13)9(3)14/h5-7,12H,4H2,1-3H3. The number of ketones is 1. The molecule has 82 valence electrons. The molecule has 0 aromatic heterocycles. The lowest BCUT2D eigenvalue weighted by Crippen LogP contribution is -2.03. The Morgan fingerprint density at radius 1 is 1.53 bits per heavy atom. The van der Waals surface area contributed by atoms with Gasteiger partial charge in [0.05, 0.1) is 11.4 Å². The van der Waals surface area contributed by atoms with Gasteiger partial charge in [-0.25, -0.2) is 0 Å². The monoisotopic (exact) mass is 270 g/mol. The minimum absolute atomic E-state index is 0.113. The minimum atomic E-state index is -0.215. The van der Waals surface area contributed by atoms with Gasteiger partial charge in [0.1, 0.15) is 11.5 Å². The van der Waals surface area contributed by atoms with Gasteiger partial charge in [-0.1, -0.05) is 22.0 Å². The van der Waals surface area contributed by atoms with Gasteiger partial charge in [0.15, 0.2) is 0 Å². The third-order valence-electron chi connectivity index (χ3n) is 2.18. The van der Waals surface area contributed by atoms with Crippen molar-refractivity contribution in [2.45, 2.75) is 25.6 Å². The molecule has 1 atom stereocenters. The number of carbonyl (C=O) groups excluding carboxylic acids is 1. The first kappa shape index (κ1) is 12.2. The van der Waals surface area contributed by atoms with E-state index >= 15 is 0 Å². The fourth-order valence-corrected chi connectivity index (χ4v) is 1.92. The molecule has 0 radical (unpaired) electrons. The summed E-state index contributed by atoms with van der Waals surface area (Å²) in [6.45, 7) is 6.17. The molecule has 1 unspecified atom stereocenters. The van der Waals surface area contributed by atoms with Gasteiger partial charge in [-0.3, -0.25) is 4.79 Å². The maximum absolute atomic E-state index is 11.2. The van der Waals surface area contributed by atoms with E-state index in [-0.39, 0.29) is 10.6 Å². The van der Waals surface area contributed by atoms with Crippen LogP contribution in [0.15, 0.2) is 18.2 Å². The first-order valence-corrected chi connectivity index (χ1v) is 5.85. The first-order valence-electron chi connectivity index (χ1n) is 4.94. The maximum atomic E-state index is 11.2. The molecule has 0 saturated heterocycles. The van der Waals surface area contributed by atoms with E-state index in [9.17, 15) is 4.79 Å². The summed E-state index contributed by atoms with van der Waals surface area (Å²) in [6, 6.07) is 5.78. The average Bonchev–Trinajstić information content (AvgIpc) is 2.17. The summed E-state index contributed by atoms with van der Waals surface area (Å²) >= 11 is 3.37. The predicted molar refractivity (Wildman–Crippen MR) is 64.7 cm³/mol. The lowest BCUT2D eigenvalue weighted by molar-refractivity contribution is -0.116. The maximum Gasteiger partial charge on any atom is 0.147 e. The van der Waals surface area contributed by atoms with E-state index in [1.54, 1.807) is 6.92 Å². The SMILES string of the molecule is CCOc1ccc(C(Br)C(C)=O)c(C)c1. The Hall–Kier alpha value is -0.830. The zero-order valence-corrected chi connectivity index (χ0v) is 10.8. The number of alkyl halides is 1. The topological polar surface area (TPSA) is 26.3 Å². The van der Waals surface area contributed by atoms with E-state index in [1.165, 1.54) is 0 Å². The Kier molecular flexibility index (Phi) is 4.33. The lowest BCUT2D eigenvalue weighted by atomic mass is 10.0. The fourth-order valence-electron chi connectivity index (χ4n) is 1.41. The van der Waals surface area contributed by atoms with Gasteiger partial charge in [-0.15, -0.1) is 0 Å². The van der Waals surface area contributed by atoms with Crippen LogP contribution in [0.25, 0.3) is 0 Å². The van der Waals surface area contributed by atoms with Crippen LogP contribution < -0.4 is 4.74 Å². The third kappa shape index (κ3) is 3.06. The van der Waals surface area contributed by atoms with Gasteiger partial charge >= 0.3 is 0 Å². The first-order chi connectivity index (χ1) is 7.06. The molecule has 0 fully saturated rings. The fraction of sp³-hybridized carbons (Fsp3) is 0.417. The number of Topliss-reactive ketones (excluding diaryl/α,β-unsaturated/α-hetero) is 1. The number of ether oxygens (including phenoxy) is 1. The van der Waals surface area contributed by atoms with Crippen molar-refractivity contribution < 1.29 is 9.53 Å². The Morgan fingerprint density at radius 3 is 2.67 bits per heavy atom. The average molecular weight is 271 g/mol. The summed E-state index contributed by atoms with van der Waals surface area (Å²) in [4.78, 5) is 11.0. The molecule has 3 heteroatoms. The predicted octanol–water partition coefficient (Wildman–Crippen LogP) is 3.42. The summed E-state index contributed by atoms with van der Waals surface area (Å²) < 4.78 is 5.38. The molecule has 1 rings (SSSR count). The molecule has 15 heavy (non-hydrogen) atoms. The molecule has 0 spiro atoms. The van der Waals surface area contributed by atoms with Crippen LogP contribution in [-0.4, -0.2) is 12.4 Å². The molecule has 0 aliphatic rings. The van der Waals surface area contributed by atoms with Crippen LogP contribution in [-0.2, 0) is 4.79 Å². The molecule has 1 aromatic carbocycles. The van der Waals surface area contributed by atoms with Crippen molar-refractivity contribution in [1.82, 2.24) is 0 Å². The van der Waals surface area contributed by atoms with Gasteiger partial charge in [0, 0.05) is 0 Å². The Labute approximate surface area is 98.8 Å². The number of rotatable bonds is 4. The molecule has 2 nitrogen and oxygen atoms in total. The van der Waals surface area contributed by atoms with Crippen LogP contribution in [0, 0.1) is 6.92 Å². The molecule has 0 N–H and O–H groups in total. The second-order valence-electron chi connectivity index (χ2n) is 3.42. The highest BCUT2D eigenvalue weighted by molar-refractivity contribution is 9.09. The smallest absolute Gasteiger partial charge is 0.147 e. The molecule has 0 bridgehead atoms. The summed E-state index contributed by atoms with van der Waals surface area (Å²) in [5.74, 6) is 0.962. The highest BCUT2D eigenvalue weighted by atomic mass is 79.9. The molecule has 1 aromatic rings. The lowest BCUT2D eigenvalue weighted by Gasteiger charge is -2.11. The molecule has 0 saturated carbocycles. The van der Waals surface area contributed by atoms with Crippen molar-refractivity contribution >= 4 is 21.7 Å². The highest BCUT2D eigenvalue weighted by Crippen LogP contribution is 2.29. The van der Waals surface area contributed by atoms with Crippen LogP contribution in [0.1, 0.15) is 29.8 Å². The van der Waals surface area contributed by atoms with Crippen molar-refractivity contribution in [2.24, 2.45) is 0 Å². The zero-order chi connectivity index (χ0) is 11.4. The van der Waals surface area contributed by atoms with Crippen molar-refractivity contribution in [3.8, 4) is 5.75 Å². The van der Waals surface area contributed by atoms with Gasteiger partial charge in [-0.05, 0) is 44.0 Å². The van der Waals surface area contributed by atoms with Crippen molar-refractivity contribution in [3.63, 3.8) is 0 Å². The third-order valence-corrected chi connectivity index (χ3v) is 3.32. The van der Waals surface area contributed by atoms with E-state index in [4.69, 9.17) is 4.74 Å². The molecule has 0 amide bonds. The molecule has 0 aliphatic heterocycles. The summed E-state index contributed by atoms with van der Waals surface area (Å²) in [7, 11) is 0. The number of halogens is 1. The van der Waals surface area contributed by atoms with Crippen LogP contribution in [0.5, 0.6) is 5.75 Å². The van der Waals surface area contributed by atoms with Gasteiger partial charge in [0.25, 0.3) is 0 Å². The van der Waals surface area contributed by atoms with Crippen molar-refractivity contribution in [3.05, 3.63) is 29.3 Å². The summed E-state index contributed by atoms with van der Waals surface area (Å²) in [5, 5.41) is 0. The van der Waals surface area contributed by atoms with E-state index in [2.05, 4.69) is 15.9 Å². The van der Waals surface area contributed by atoms with Gasteiger partial charge in [0.2, 0.25) is 0 Å². The summed E-state index contributed by atoms with van der Waals surface area (Å²) in [5.41, 5.74) is 2.07. The quantitative estimate of drug-likeness (QED) is 0.784. The number of aryl methyl sites for hydroxylation is 1. The number of carbonyl (C=O) groups is 1. The minimum Gasteiger partial charge on any atom is -0.494 e. The van der Waals surface area contributed by atoms with Gasteiger partial charge in [-0.2, -0.15) is 0 Å². The van der Waals surface area contributed by atoms with E-state index in [1.807, 2.05) is 32.0 Å². The Balaban J connectivity index is 2.97. The number of hydrogen-bond donors (Lipinski definition) is 0. The molecule has 0 aliphatic carbocycles. The van der Waals surface area contributed by atoms with E-state index in [0.29, 0.717) is 6.61 Å².